The molecule has 0 N–H and O–H groups in total. The predicted molar refractivity (Wildman–Crippen MR) is 115 cm³/mol. The van der Waals surface area contributed by atoms with Crippen molar-refractivity contribution in [2.24, 2.45) is 5.92 Å². The molecule has 2 aromatic rings. The van der Waals surface area contributed by atoms with Crippen LogP contribution < -0.4 is 4.90 Å². The van der Waals surface area contributed by atoms with Crippen LogP contribution in [0.15, 0.2) is 23.6 Å². The lowest BCUT2D eigenvalue weighted by atomic mass is 10.00. The van der Waals surface area contributed by atoms with Crippen molar-refractivity contribution < 1.29 is 9.18 Å². The molecule has 2 saturated heterocycles. The largest absolute Gasteiger partial charge is 0.368 e. The summed E-state index contributed by atoms with van der Waals surface area (Å²) < 4.78 is 14.4. The maximum atomic E-state index is 13.4. The first-order chi connectivity index (χ1) is 13.6. The number of halogens is 1. The first-order valence-corrected chi connectivity index (χ1v) is 11.4. The summed E-state index contributed by atoms with van der Waals surface area (Å²) in [5.74, 6) is 0.817. The van der Waals surface area contributed by atoms with Gasteiger partial charge in [-0.05, 0) is 49.9 Å². The molecule has 6 heteroatoms. The van der Waals surface area contributed by atoms with Crippen molar-refractivity contribution in [1.29, 1.82) is 0 Å². The zero-order chi connectivity index (χ0) is 19.5. The molecule has 3 heterocycles. The van der Waals surface area contributed by atoms with E-state index >= 15 is 0 Å². The van der Waals surface area contributed by atoms with Gasteiger partial charge in [0.1, 0.15) is 5.82 Å². The normalized spacial score (nSPS) is 21.4. The summed E-state index contributed by atoms with van der Waals surface area (Å²) in [6, 6.07) is 5.07. The highest BCUT2D eigenvalue weighted by molar-refractivity contribution is 7.17. The number of thiophene rings is 1. The van der Waals surface area contributed by atoms with Crippen LogP contribution in [0.4, 0.5) is 10.1 Å². The average molecular weight is 404 g/mol. The molecule has 1 atom stereocenters. The molecule has 4 nitrogen and oxygen atoms in total. The van der Waals surface area contributed by atoms with Gasteiger partial charge in [0.15, 0.2) is 0 Å². The second-order valence-electron chi connectivity index (χ2n) is 8.28. The molecule has 4 rings (SSSR count). The van der Waals surface area contributed by atoms with Crippen LogP contribution in [-0.2, 0) is 4.79 Å². The fourth-order valence-corrected chi connectivity index (χ4v) is 5.47. The van der Waals surface area contributed by atoms with Crippen molar-refractivity contribution in [1.82, 2.24) is 9.80 Å². The predicted octanol–water partition coefficient (Wildman–Crippen LogP) is 4.20. The van der Waals surface area contributed by atoms with E-state index in [0.717, 1.165) is 68.7 Å². The Bertz CT molecular complexity index is 815. The number of fused-ring (bicyclic) bond motifs is 1. The minimum atomic E-state index is -0.167. The van der Waals surface area contributed by atoms with E-state index in [9.17, 15) is 9.18 Å². The molecule has 0 spiro atoms. The van der Waals surface area contributed by atoms with Crippen LogP contribution in [0.3, 0.4) is 0 Å². The van der Waals surface area contributed by atoms with Gasteiger partial charge in [0.05, 0.1) is 5.69 Å². The van der Waals surface area contributed by atoms with Gasteiger partial charge < -0.3 is 9.80 Å². The van der Waals surface area contributed by atoms with E-state index in [4.69, 9.17) is 0 Å². The van der Waals surface area contributed by atoms with Gasteiger partial charge in [-0.25, -0.2) is 4.39 Å². The highest BCUT2D eigenvalue weighted by Gasteiger charge is 2.22. The minimum Gasteiger partial charge on any atom is -0.368 e. The number of piperidine rings is 1. The van der Waals surface area contributed by atoms with Crippen molar-refractivity contribution in [2.75, 3.05) is 50.7 Å². The standard InChI is InChI=1S/C22H30FN3OS/c1-17-4-2-9-26(15-17)22(27)5-3-8-24-10-12-25(13-11-24)20-16-28-21-14-18(23)6-7-19(20)21/h6-7,14,16-17H,2-5,8-13,15H2,1H3. The molecule has 0 saturated carbocycles. The molecule has 1 amide bonds. The number of nitrogens with zero attached hydrogens (tertiary/aromatic N) is 3. The van der Waals surface area contributed by atoms with Crippen molar-refractivity contribution in [3.05, 3.63) is 29.4 Å². The summed E-state index contributed by atoms with van der Waals surface area (Å²) in [7, 11) is 0. The zero-order valence-corrected chi connectivity index (χ0v) is 17.5. The third kappa shape index (κ3) is 4.49. The number of hydrogen-bond acceptors (Lipinski definition) is 4. The molecule has 152 valence electrons. The van der Waals surface area contributed by atoms with Crippen molar-refractivity contribution in [2.45, 2.75) is 32.6 Å². The Morgan fingerprint density at radius 1 is 1.21 bits per heavy atom. The lowest BCUT2D eigenvalue weighted by Crippen LogP contribution is -2.46. The van der Waals surface area contributed by atoms with Crippen LogP contribution in [-0.4, -0.2) is 61.5 Å². The maximum absolute atomic E-state index is 13.4. The van der Waals surface area contributed by atoms with Crippen LogP contribution in [0.2, 0.25) is 0 Å². The number of hydrogen-bond donors (Lipinski definition) is 0. The van der Waals surface area contributed by atoms with E-state index in [2.05, 4.69) is 27.0 Å². The Hall–Kier alpha value is -1.66. The number of rotatable bonds is 5. The van der Waals surface area contributed by atoms with E-state index in [1.807, 2.05) is 6.07 Å². The molecule has 2 aliphatic heterocycles. The zero-order valence-electron chi connectivity index (χ0n) is 16.7. The molecule has 0 bridgehead atoms. The molecule has 28 heavy (non-hydrogen) atoms. The van der Waals surface area contributed by atoms with E-state index in [1.54, 1.807) is 23.5 Å². The molecule has 1 unspecified atom stereocenters. The van der Waals surface area contributed by atoms with Crippen LogP contribution in [0.5, 0.6) is 0 Å². The van der Waals surface area contributed by atoms with Gasteiger partial charge in [-0.15, -0.1) is 11.3 Å². The van der Waals surface area contributed by atoms with Crippen molar-refractivity contribution >= 4 is 33.0 Å². The summed E-state index contributed by atoms with van der Waals surface area (Å²) in [6.07, 6.45) is 4.03. The first-order valence-electron chi connectivity index (χ1n) is 10.5. The topological polar surface area (TPSA) is 26.8 Å². The van der Waals surface area contributed by atoms with Gasteiger partial charge in [0, 0.05) is 61.2 Å². The summed E-state index contributed by atoms with van der Waals surface area (Å²) >= 11 is 1.62. The number of likely N-dealkylation sites (tertiary alicyclic amines) is 1. The van der Waals surface area contributed by atoms with E-state index in [-0.39, 0.29) is 5.82 Å². The molecule has 2 aliphatic rings. The summed E-state index contributed by atoms with van der Waals surface area (Å²) in [5, 5.41) is 3.30. The number of carbonyl (C=O) groups is 1. The van der Waals surface area contributed by atoms with E-state index in [0.29, 0.717) is 18.2 Å². The van der Waals surface area contributed by atoms with Gasteiger partial charge in [0.2, 0.25) is 5.91 Å². The smallest absolute Gasteiger partial charge is 0.222 e. The monoisotopic (exact) mass is 403 g/mol. The SMILES string of the molecule is CC1CCCN(C(=O)CCCN2CCN(c3csc4cc(F)ccc34)CC2)C1. The molecule has 0 aliphatic carbocycles. The Kier molecular flexibility index (Phi) is 6.16. The van der Waals surface area contributed by atoms with Crippen LogP contribution >= 0.6 is 11.3 Å². The third-order valence-electron chi connectivity index (χ3n) is 6.10. The lowest BCUT2D eigenvalue weighted by molar-refractivity contribution is -0.133. The average Bonchev–Trinajstić information content (AvgIpc) is 3.11. The molecular formula is C22H30FN3OS. The number of anilines is 1. The molecule has 0 radical (unpaired) electrons. The summed E-state index contributed by atoms with van der Waals surface area (Å²) in [5.41, 5.74) is 1.23. The molecule has 1 aromatic heterocycles. The Labute approximate surface area is 170 Å². The maximum Gasteiger partial charge on any atom is 0.222 e. The van der Waals surface area contributed by atoms with Gasteiger partial charge in [-0.3, -0.25) is 9.69 Å². The van der Waals surface area contributed by atoms with Gasteiger partial charge in [-0.1, -0.05) is 6.92 Å². The summed E-state index contributed by atoms with van der Waals surface area (Å²) in [4.78, 5) is 19.4. The number of benzene rings is 1. The second kappa shape index (κ2) is 8.78. The molecular weight excluding hydrogens is 373 g/mol. The first kappa shape index (κ1) is 19.6. The quantitative estimate of drug-likeness (QED) is 0.749. The molecule has 1 aromatic carbocycles. The van der Waals surface area contributed by atoms with Crippen molar-refractivity contribution in [3.8, 4) is 0 Å². The van der Waals surface area contributed by atoms with E-state index < -0.39 is 0 Å². The van der Waals surface area contributed by atoms with Crippen LogP contribution in [0.25, 0.3) is 10.1 Å². The fourth-order valence-electron chi connectivity index (χ4n) is 4.47. The van der Waals surface area contributed by atoms with E-state index in [1.165, 1.54) is 12.1 Å². The van der Waals surface area contributed by atoms with Crippen LogP contribution in [0.1, 0.15) is 32.6 Å². The number of piperazine rings is 1. The fraction of sp³-hybridized carbons (Fsp3) is 0.591. The van der Waals surface area contributed by atoms with Crippen molar-refractivity contribution in [3.63, 3.8) is 0 Å². The Morgan fingerprint density at radius 2 is 2.04 bits per heavy atom. The highest BCUT2D eigenvalue weighted by Crippen LogP contribution is 2.34. The third-order valence-corrected chi connectivity index (χ3v) is 7.04. The van der Waals surface area contributed by atoms with Gasteiger partial charge >= 0.3 is 0 Å². The van der Waals surface area contributed by atoms with Gasteiger partial charge in [0.25, 0.3) is 0 Å². The lowest BCUT2D eigenvalue weighted by Gasteiger charge is -2.36. The highest BCUT2D eigenvalue weighted by atomic mass is 32.1. The van der Waals surface area contributed by atoms with Gasteiger partial charge in [-0.2, -0.15) is 0 Å². The summed E-state index contributed by atoms with van der Waals surface area (Å²) in [6.45, 7) is 9.14. The molecule has 2 fully saturated rings. The second-order valence-corrected chi connectivity index (χ2v) is 9.19. The Balaban J connectivity index is 1.22. The minimum absolute atomic E-state index is 0.167. The number of carbonyl (C=O) groups excluding carboxylic acids is 1. The number of amides is 1. The van der Waals surface area contributed by atoms with Crippen LogP contribution in [0, 0.1) is 11.7 Å². The Morgan fingerprint density at radius 3 is 2.82 bits per heavy atom.